The van der Waals surface area contributed by atoms with Crippen LogP contribution in [-0.2, 0) is 11.2 Å². The zero-order valence-corrected chi connectivity index (χ0v) is 10.6. The fraction of sp³-hybridized carbons (Fsp3) is 0.0714. The molecule has 0 aliphatic rings. The molecule has 0 spiro atoms. The van der Waals surface area contributed by atoms with Crippen LogP contribution in [0, 0.1) is 11.6 Å². The number of carbonyl (C=O) groups is 2. The van der Waals surface area contributed by atoms with Gasteiger partial charge in [0.25, 0.3) is 0 Å². The Morgan fingerprint density at radius 1 is 1.19 bits per heavy atom. The van der Waals surface area contributed by atoms with Gasteiger partial charge in [-0.25, -0.2) is 18.6 Å². The summed E-state index contributed by atoms with van der Waals surface area (Å²) in [4.78, 5) is 26.3. The molecule has 0 atom stereocenters. The number of benzene rings is 1. The van der Waals surface area contributed by atoms with Gasteiger partial charge in [0.1, 0.15) is 17.5 Å². The third-order valence-electron chi connectivity index (χ3n) is 2.67. The summed E-state index contributed by atoms with van der Waals surface area (Å²) in [5, 5.41) is 11.1. The van der Waals surface area contributed by atoms with Crippen molar-refractivity contribution in [2.75, 3.05) is 5.32 Å². The molecule has 2 rings (SSSR count). The molecule has 1 aromatic carbocycles. The molecule has 0 fully saturated rings. The second-order valence-corrected chi connectivity index (χ2v) is 4.16. The summed E-state index contributed by atoms with van der Waals surface area (Å²) in [6.07, 6.45) is 0.695. The third kappa shape index (κ3) is 3.59. The van der Waals surface area contributed by atoms with Crippen LogP contribution >= 0.6 is 0 Å². The van der Waals surface area contributed by atoms with Gasteiger partial charge in [-0.2, -0.15) is 0 Å². The van der Waals surface area contributed by atoms with E-state index in [9.17, 15) is 18.4 Å². The number of hydrogen-bond donors (Lipinski definition) is 2. The van der Waals surface area contributed by atoms with E-state index in [1.54, 1.807) is 0 Å². The molecule has 0 radical (unpaired) electrons. The van der Waals surface area contributed by atoms with E-state index in [2.05, 4.69) is 10.3 Å². The first-order valence-corrected chi connectivity index (χ1v) is 5.89. The summed E-state index contributed by atoms with van der Waals surface area (Å²) in [7, 11) is 0. The molecule has 0 aliphatic carbocycles. The quantitative estimate of drug-likeness (QED) is 0.905. The molecule has 2 aromatic rings. The zero-order chi connectivity index (χ0) is 15.4. The number of pyridine rings is 1. The molecule has 7 heteroatoms. The lowest BCUT2D eigenvalue weighted by Crippen LogP contribution is -2.17. The molecule has 0 unspecified atom stereocenters. The van der Waals surface area contributed by atoms with Gasteiger partial charge in [0.2, 0.25) is 5.91 Å². The maximum absolute atomic E-state index is 13.4. The van der Waals surface area contributed by atoms with E-state index >= 15 is 0 Å². The van der Waals surface area contributed by atoms with Gasteiger partial charge in [-0.1, -0.05) is 6.07 Å². The van der Waals surface area contributed by atoms with Gasteiger partial charge < -0.3 is 10.4 Å². The molecule has 0 bridgehead atoms. The standard InChI is InChI=1S/C14H10F2N2O3/c15-10-2-1-3-11(16)9(10)7-13(19)18-12-6-8(14(20)21)4-5-17-12/h1-6H,7H2,(H,20,21)(H,17,18,19). The van der Waals surface area contributed by atoms with Crippen LogP contribution in [0.2, 0.25) is 0 Å². The average Bonchev–Trinajstić information content (AvgIpc) is 2.43. The number of rotatable bonds is 4. The van der Waals surface area contributed by atoms with E-state index in [1.807, 2.05) is 0 Å². The average molecular weight is 292 g/mol. The van der Waals surface area contributed by atoms with E-state index < -0.39 is 29.9 Å². The second-order valence-electron chi connectivity index (χ2n) is 4.16. The Bertz CT molecular complexity index is 684. The molecule has 0 saturated carbocycles. The maximum Gasteiger partial charge on any atom is 0.335 e. The number of carboxylic acid groups (broad SMARTS) is 1. The lowest BCUT2D eigenvalue weighted by atomic mass is 10.1. The van der Waals surface area contributed by atoms with Gasteiger partial charge >= 0.3 is 5.97 Å². The van der Waals surface area contributed by atoms with Gasteiger partial charge in [-0.05, 0) is 24.3 Å². The Kier molecular flexibility index (Phi) is 4.22. The molecule has 1 heterocycles. The first-order chi connectivity index (χ1) is 9.97. The summed E-state index contributed by atoms with van der Waals surface area (Å²) < 4.78 is 26.8. The van der Waals surface area contributed by atoms with E-state index in [0.717, 1.165) is 18.2 Å². The number of nitrogens with zero attached hydrogens (tertiary/aromatic N) is 1. The number of nitrogens with one attached hydrogen (secondary N) is 1. The molecular weight excluding hydrogens is 282 g/mol. The van der Waals surface area contributed by atoms with Gasteiger partial charge in [-0.3, -0.25) is 4.79 Å². The minimum Gasteiger partial charge on any atom is -0.478 e. The predicted octanol–water partition coefficient (Wildman–Crippen LogP) is 2.24. The monoisotopic (exact) mass is 292 g/mol. The highest BCUT2D eigenvalue weighted by molar-refractivity contribution is 5.93. The van der Waals surface area contributed by atoms with Crippen molar-refractivity contribution < 1.29 is 23.5 Å². The molecule has 0 saturated heterocycles. The van der Waals surface area contributed by atoms with E-state index in [-0.39, 0.29) is 16.9 Å². The Hall–Kier alpha value is -2.83. The third-order valence-corrected chi connectivity index (χ3v) is 2.67. The van der Waals surface area contributed by atoms with Crippen LogP contribution in [0.15, 0.2) is 36.5 Å². The smallest absolute Gasteiger partial charge is 0.335 e. The minimum atomic E-state index is -1.17. The van der Waals surface area contributed by atoms with Crippen LogP contribution in [-0.4, -0.2) is 22.0 Å². The summed E-state index contributed by atoms with van der Waals surface area (Å²) in [6, 6.07) is 5.71. The van der Waals surface area contributed by atoms with E-state index in [1.165, 1.54) is 18.3 Å². The van der Waals surface area contributed by atoms with Crippen molar-refractivity contribution in [3.8, 4) is 0 Å². The van der Waals surface area contributed by atoms with Crippen LogP contribution in [0.1, 0.15) is 15.9 Å². The van der Waals surface area contributed by atoms with Gasteiger partial charge in [-0.15, -0.1) is 0 Å². The minimum absolute atomic E-state index is 0.00310. The lowest BCUT2D eigenvalue weighted by molar-refractivity contribution is -0.115. The van der Waals surface area contributed by atoms with Crippen LogP contribution in [0.3, 0.4) is 0 Å². The van der Waals surface area contributed by atoms with Gasteiger partial charge in [0.05, 0.1) is 12.0 Å². The number of aromatic carboxylic acids is 1. The highest BCUT2D eigenvalue weighted by Crippen LogP contribution is 2.14. The molecule has 1 aromatic heterocycles. The SMILES string of the molecule is O=C(Cc1c(F)cccc1F)Nc1cc(C(=O)O)ccn1. The maximum atomic E-state index is 13.4. The largest absolute Gasteiger partial charge is 0.478 e. The molecule has 108 valence electrons. The number of aromatic nitrogens is 1. The van der Waals surface area contributed by atoms with E-state index in [0.29, 0.717) is 0 Å². The van der Waals surface area contributed by atoms with Gasteiger partial charge in [0, 0.05) is 11.8 Å². The van der Waals surface area contributed by atoms with Crippen LogP contribution in [0.4, 0.5) is 14.6 Å². The van der Waals surface area contributed by atoms with Crippen LogP contribution < -0.4 is 5.32 Å². The van der Waals surface area contributed by atoms with Crippen molar-refractivity contribution >= 4 is 17.7 Å². The summed E-state index contributed by atoms with van der Waals surface area (Å²) in [5.41, 5.74) is -0.415. The fourth-order valence-corrected chi connectivity index (χ4v) is 1.68. The van der Waals surface area contributed by atoms with Crippen molar-refractivity contribution in [1.82, 2.24) is 4.98 Å². The van der Waals surface area contributed by atoms with Crippen LogP contribution in [0.5, 0.6) is 0 Å². The number of amides is 1. The first kappa shape index (κ1) is 14.6. The number of halogens is 2. The number of anilines is 1. The molecular formula is C14H10F2N2O3. The Morgan fingerprint density at radius 3 is 2.48 bits per heavy atom. The molecule has 21 heavy (non-hydrogen) atoms. The van der Waals surface area contributed by atoms with Crippen molar-refractivity contribution in [2.45, 2.75) is 6.42 Å². The Balaban J connectivity index is 2.12. The highest BCUT2D eigenvalue weighted by atomic mass is 19.1. The second kappa shape index (κ2) is 6.08. The van der Waals surface area contributed by atoms with Gasteiger partial charge in [0.15, 0.2) is 0 Å². The number of hydrogen-bond acceptors (Lipinski definition) is 3. The summed E-state index contributed by atoms with van der Waals surface area (Å²) in [6.45, 7) is 0. The molecule has 0 aliphatic heterocycles. The molecule has 2 N–H and O–H groups in total. The van der Waals surface area contributed by atoms with Crippen LogP contribution in [0.25, 0.3) is 0 Å². The number of carboxylic acids is 1. The zero-order valence-electron chi connectivity index (χ0n) is 10.6. The predicted molar refractivity (Wildman–Crippen MR) is 69.9 cm³/mol. The molecule has 5 nitrogen and oxygen atoms in total. The lowest BCUT2D eigenvalue weighted by Gasteiger charge is -2.06. The number of carbonyl (C=O) groups excluding carboxylic acids is 1. The summed E-state index contributed by atoms with van der Waals surface area (Å²) in [5.74, 6) is -3.52. The normalized spacial score (nSPS) is 10.2. The topological polar surface area (TPSA) is 79.3 Å². The van der Waals surface area contributed by atoms with E-state index in [4.69, 9.17) is 5.11 Å². The highest BCUT2D eigenvalue weighted by Gasteiger charge is 2.14. The summed E-state index contributed by atoms with van der Waals surface area (Å²) >= 11 is 0. The Morgan fingerprint density at radius 2 is 1.86 bits per heavy atom. The van der Waals surface area contributed by atoms with Crippen molar-refractivity contribution in [2.24, 2.45) is 0 Å². The molecule has 1 amide bonds. The van der Waals surface area contributed by atoms with Crippen molar-refractivity contribution in [1.29, 1.82) is 0 Å². The Labute approximate surface area is 118 Å². The first-order valence-electron chi connectivity index (χ1n) is 5.89. The fourth-order valence-electron chi connectivity index (χ4n) is 1.68. The van der Waals surface area contributed by atoms with Crippen molar-refractivity contribution in [3.63, 3.8) is 0 Å². The van der Waals surface area contributed by atoms with Crippen molar-refractivity contribution in [3.05, 3.63) is 59.3 Å².